The molecule has 0 aliphatic heterocycles. The van der Waals surface area contributed by atoms with Gasteiger partial charge < -0.3 is 10.1 Å². The molecule has 1 amide bonds. The first kappa shape index (κ1) is 29.8. The first-order valence-electron chi connectivity index (χ1n) is 13.9. The van der Waals surface area contributed by atoms with Gasteiger partial charge in [-0.1, -0.05) is 112 Å². The van der Waals surface area contributed by atoms with Crippen LogP contribution in [0.1, 0.15) is 56.7 Å². The minimum Gasteiger partial charge on any atom is -0.461 e. The molecule has 5 nitrogen and oxygen atoms in total. The van der Waals surface area contributed by atoms with E-state index in [-0.39, 0.29) is 36.6 Å². The lowest BCUT2D eigenvalue weighted by molar-refractivity contribution is -0.151. The fourth-order valence-electron chi connectivity index (χ4n) is 4.58. The maximum absolute atomic E-state index is 13.6. The van der Waals surface area contributed by atoms with Crippen molar-refractivity contribution in [3.05, 3.63) is 108 Å². The second kappa shape index (κ2) is 15.6. The summed E-state index contributed by atoms with van der Waals surface area (Å²) in [6.45, 7) is 6.11. The molecule has 0 saturated heterocycles. The highest BCUT2D eigenvalue weighted by Gasteiger charge is 2.30. The lowest BCUT2D eigenvalue weighted by Crippen LogP contribution is -2.45. The Balaban J connectivity index is 1.66. The Hall–Kier alpha value is -3.73. The molecular weight excluding hydrogens is 486 g/mol. The maximum Gasteiger partial charge on any atom is 0.310 e. The number of carbonyl (C=O) groups excluding carboxylic acids is 3. The second-order valence-electron chi connectivity index (χ2n) is 10.8. The number of benzene rings is 3. The lowest BCUT2D eigenvalue weighted by atomic mass is 9.89. The van der Waals surface area contributed by atoms with E-state index in [2.05, 4.69) is 17.4 Å². The van der Waals surface area contributed by atoms with Gasteiger partial charge in [-0.05, 0) is 48.3 Å². The number of aryl methyl sites for hydroxylation is 1. The van der Waals surface area contributed by atoms with Crippen LogP contribution in [-0.2, 0) is 38.6 Å². The van der Waals surface area contributed by atoms with Crippen LogP contribution in [0.3, 0.4) is 0 Å². The number of Topliss-reactive ketones (excluding diaryl/α,β-unsaturated/α-hetero) is 1. The van der Waals surface area contributed by atoms with Crippen LogP contribution in [0, 0.1) is 17.8 Å². The zero-order valence-electron chi connectivity index (χ0n) is 23.3. The molecule has 0 fully saturated rings. The van der Waals surface area contributed by atoms with Gasteiger partial charge in [0.25, 0.3) is 0 Å². The van der Waals surface area contributed by atoms with Crippen molar-refractivity contribution < 1.29 is 19.1 Å². The van der Waals surface area contributed by atoms with Gasteiger partial charge in [0.15, 0.2) is 5.78 Å². The Kier molecular flexibility index (Phi) is 11.9. The predicted octanol–water partition coefficient (Wildman–Crippen LogP) is 6.35. The minimum atomic E-state index is -0.642. The number of rotatable bonds is 15. The zero-order valence-corrected chi connectivity index (χ0v) is 23.3. The van der Waals surface area contributed by atoms with Gasteiger partial charge in [0.1, 0.15) is 6.61 Å². The smallest absolute Gasteiger partial charge is 0.310 e. The van der Waals surface area contributed by atoms with Gasteiger partial charge in [-0.15, -0.1) is 0 Å². The number of hydrogen-bond acceptors (Lipinski definition) is 4. The molecule has 0 heterocycles. The standard InChI is InChI=1S/C34H41NO4/c1-25(2)21-31(35-33(37)26(3)19-20-27-13-7-4-8-14-27)32(36)23-30(22-28-15-9-5-10-16-28)34(38)39-24-29-17-11-6-12-18-29/h4-18,25-26,30-31H,19-24H2,1-3H3,(H,35,37)/t26-,30+,31-/m0/s1. The molecule has 3 aromatic rings. The van der Waals surface area contributed by atoms with Crippen molar-refractivity contribution in [1.29, 1.82) is 0 Å². The van der Waals surface area contributed by atoms with E-state index in [9.17, 15) is 14.4 Å². The average molecular weight is 528 g/mol. The van der Waals surface area contributed by atoms with E-state index in [1.54, 1.807) is 0 Å². The van der Waals surface area contributed by atoms with Gasteiger partial charge in [-0.3, -0.25) is 14.4 Å². The maximum atomic E-state index is 13.6. The molecule has 3 atom stereocenters. The number of ether oxygens (including phenoxy) is 1. The summed E-state index contributed by atoms with van der Waals surface area (Å²) in [4.78, 5) is 39.8. The van der Waals surface area contributed by atoms with Crippen LogP contribution < -0.4 is 5.32 Å². The van der Waals surface area contributed by atoms with Crippen LogP contribution in [0.15, 0.2) is 91.0 Å². The number of hydrogen-bond donors (Lipinski definition) is 1. The minimum absolute atomic E-state index is 0.0125. The van der Waals surface area contributed by atoms with Crippen LogP contribution >= 0.6 is 0 Å². The first-order chi connectivity index (χ1) is 18.8. The molecule has 0 aliphatic carbocycles. The number of ketones is 1. The van der Waals surface area contributed by atoms with Crippen molar-refractivity contribution in [2.24, 2.45) is 17.8 Å². The van der Waals surface area contributed by atoms with Crippen molar-refractivity contribution in [1.82, 2.24) is 5.32 Å². The van der Waals surface area contributed by atoms with Crippen molar-refractivity contribution in [3.8, 4) is 0 Å². The van der Waals surface area contributed by atoms with Gasteiger partial charge in [0.05, 0.1) is 12.0 Å². The van der Waals surface area contributed by atoms with E-state index in [0.29, 0.717) is 19.3 Å². The van der Waals surface area contributed by atoms with E-state index in [1.807, 2.05) is 99.6 Å². The monoisotopic (exact) mass is 527 g/mol. The van der Waals surface area contributed by atoms with E-state index in [4.69, 9.17) is 4.74 Å². The van der Waals surface area contributed by atoms with E-state index < -0.39 is 17.9 Å². The van der Waals surface area contributed by atoms with Gasteiger partial charge >= 0.3 is 5.97 Å². The molecule has 3 rings (SSSR count). The van der Waals surface area contributed by atoms with Crippen LogP contribution in [0.4, 0.5) is 0 Å². The van der Waals surface area contributed by atoms with Crippen molar-refractivity contribution in [3.63, 3.8) is 0 Å². The van der Waals surface area contributed by atoms with Gasteiger partial charge in [0, 0.05) is 12.3 Å². The van der Waals surface area contributed by atoms with E-state index >= 15 is 0 Å². The number of esters is 1. The third-order valence-electron chi connectivity index (χ3n) is 6.90. The molecule has 39 heavy (non-hydrogen) atoms. The molecule has 0 aromatic heterocycles. The second-order valence-corrected chi connectivity index (χ2v) is 10.8. The highest BCUT2D eigenvalue weighted by molar-refractivity contribution is 5.92. The van der Waals surface area contributed by atoms with Crippen LogP contribution in [-0.4, -0.2) is 23.7 Å². The third-order valence-corrected chi connectivity index (χ3v) is 6.90. The lowest BCUT2D eigenvalue weighted by Gasteiger charge is -2.24. The Morgan fingerprint density at radius 3 is 1.85 bits per heavy atom. The summed E-state index contributed by atoms with van der Waals surface area (Å²) >= 11 is 0. The molecular formula is C34H41NO4. The Morgan fingerprint density at radius 2 is 1.28 bits per heavy atom. The Bertz CT molecular complexity index is 1160. The van der Waals surface area contributed by atoms with Crippen molar-refractivity contribution >= 4 is 17.7 Å². The van der Waals surface area contributed by atoms with Gasteiger partial charge in [0.2, 0.25) is 5.91 Å². The SMILES string of the molecule is CC(C)C[C@H](NC(=O)[C@@H](C)CCc1ccccc1)C(=O)C[C@@H](Cc1ccccc1)C(=O)OCc1ccccc1. The van der Waals surface area contributed by atoms with Crippen LogP contribution in [0.25, 0.3) is 0 Å². The summed E-state index contributed by atoms with van der Waals surface area (Å²) in [7, 11) is 0. The largest absolute Gasteiger partial charge is 0.461 e. The quantitative estimate of drug-likeness (QED) is 0.234. The third kappa shape index (κ3) is 10.5. The summed E-state index contributed by atoms with van der Waals surface area (Å²) in [5, 5.41) is 3.01. The normalized spacial score (nSPS) is 13.3. The van der Waals surface area contributed by atoms with Crippen LogP contribution in [0.5, 0.6) is 0 Å². The van der Waals surface area contributed by atoms with Crippen molar-refractivity contribution in [2.75, 3.05) is 0 Å². The number of nitrogens with one attached hydrogen (secondary N) is 1. The molecule has 5 heteroatoms. The molecule has 0 aliphatic rings. The van der Waals surface area contributed by atoms with Gasteiger partial charge in [-0.25, -0.2) is 0 Å². The fourth-order valence-corrected chi connectivity index (χ4v) is 4.58. The summed E-state index contributed by atoms with van der Waals surface area (Å²) in [5.74, 6) is -1.33. The Morgan fingerprint density at radius 1 is 0.744 bits per heavy atom. The highest BCUT2D eigenvalue weighted by Crippen LogP contribution is 2.20. The van der Waals surface area contributed by atoms with Crippen molar-refractivity contribution in [2.45, 2.75) is 65.5 Å². The number of carbonyl (C=O) groups is 3. The molecule has 206 valence electrons. The summed E-state index contributed by atoms with van der Waals surface area (Å²) in [6, 6.07) is 28.6. The molecule has 1 N–H and O–H groups in total. The summed E-state index contributed by atoms with van der Waals surface area (Å²) in [6.07, 6.45) is 2.42. The van der Waals surface area contributed by atoms with Crippen LogP contribution in [0.2, 0.25) is 0 Å². The fraction of sp³-hybridized carbons (Fsp3) is 0.382. The molecule has 0 radical (unpaired) electrons. The molecule has 3 aromatic carbocycles. The highest BCUT2D eigenvalue weighted by atomic mass is 16.5. The first-order valence-corrected chi connectivity index (χ1v) is 13.9. The molecule has 0 unspecified atom stereocenters. The van der Waals surface area contributed by atoms with E-state index in [1.165, 1.54) is 5.56 Å². The predicted molar refractivity (Wildman–Crippen MR) is 155 cm³/mol. The molecule has 0 saturated carbocycles. The topological polar surface area (TPSA) is 72.5 Å². The van der Waals surface area contributed by atoms with E-state index in [0.717, 1.165) is 17.5 Å². The Labute approximate surface area is 233 Å². The number of amides is 1. The average Bonchev–Trinajstić information content (AvgIpc) is 2.95. The van der Waals surface area contributed by atoms with Gasteiger partial charge in [-0.2, -0.15) is 0 Å². The summed E-state index contributed by atoms with van der Waals surface area (Å²) in [5.41, 5.74) is 3.04. The zero-order chi connectivity index (χ0) is 28.0. The summed E-state index contributed by atoms with van der Waals surface area (Å²) < 4.78 is 5.64. The molecule has 0 bridgehead atoms. The molecule has 0 spiro atoms.